The number of aryl methyl sites for hydroxylation is 1. The molecule has 0 amide bonds. The summed E-state index contributed by atoms with van der Waals surface area (Å²) in [6.45, 7) is 2.10. The van der Waals surface area contributed by atoms with Crippen molar-refractivity contribution in [1.29, 1.82) is 0 Å². The van der Waals surface area contributed by atoms with Crippen LogP contribution in [-0.2, 0) is 3.10 Å². The molecule has 1 radical (unpaired) electrons. The van der Waals surface area contributed by atoms with Gasteiger partial charge in [0, 0.05) is 0 Å². The van der Waals surface area contributed by atoms with Gasteiger partial charge in [-0.25, -0.2) is 0 Å². The normalized spacial score (nSPS) is 13.8. The fourth-order valence-corrected chi connectivity index (χ4v) is 3.87. The van der Waals surface area contributed by atoms with Gasteiger partial charge in [-0.1, -0.05) is 0 Å². The zero-order valence-corrected chi connectivity index (χ0v) is 12.4. The molecule has 0 N–H and O–H groups in total. The maximum absolute atomic E-state index is 5.90. The average molecular weight is 349 g/mol. The quantitative estimate of drug-likeness (QED) is 0.757. The summed E-state index contributed by atoms with van der Waals surface area (Å²) >= 11 is -0.536. The van der Waals surface area contributed by atoms with Crippen LogP contribution < -0.4 is 0 Å². The van der Waals surface area contributed by atoms with Crippen LogP contribution in [0.2, 0.25) is 0 Å². The van der Waals surface area contributed by atoms with Crippen LogP contribution in [0.25, 0.3) is 5.76 Å². The summed E-state index contributed by atoms with van der Waals surface area (Å²) in [7, 11) is 0. The Morgan fingerprint density at radius 1 is 0.833 bits per heavy atom. The number of hydrogen-bond donors (Lipinski definition) is 0. The van der Waals surface area contributed by atoms with Gasteiger partial charge in [0.25, 0.3) is 0 Å². The van der Waals surface area contributed by atoms with E-state index in [0.717, 1.165) is 5.76 Å². The first-order valence-electron chi connectivity index (χ1n) is 5.88. The van der Waals surface area contributed by atoms with E-state index in [4.69, 9.17) is 3.10 Å². The van der Waals surface area contributed by atoms with E-state index < -0.39 is 20.9 Å². The molecule has 0 saturated heterocycles. The molecule has 1 aliphatic heterocycles. The molecule has 0 saturated carbocycles. The topological polar surface area (TPSA) is 9.23 Å². The molecule has 0 fully saturated rings. The van der Waals surface area contributed by atoms with Gasteiger partial charge in [0.15, 0.2) is 0 Å². The monoisotopic (exact) mass is 351 g/mol. The van der Waals surface area contributed by atoms with Crippen LogP contribution in [0.5, 0.6) is 0 Å². The first kappa shape index (κ1) is 11.7. The van der Waals surface area contributed by atoms with E-state index in [1.54, 1.807) is 0 Å². The molecule has 0 spiro atoms. The molecule has 3 rings (SSSR count). The van der Waals surface area contributed by atoms with Gasteiger partial charge < -0.3 is 0 Å². The minimum atomic E-state index is -0.536. The van der Waals surface area contributed by atoms with Gasteiger partial charge in [-0.15, -0.1) is 0 Å². The molecule has 1 nitrogen and oxygen atoms in total. The van der Waals surface area contributed by atoms with Crippen molar-refractivity contribution in [2.45, 2.75) is 6.92 Å². The first-order chi connectivity index (χ1) is 8.83. The van der Waals surface area contributed by atoms with E-state index in [0.29, 0.717) is 0 Å². The standard InChI is InChI=1S/C16H13OTe/c1-12-7-9-13(10-8-12)15-11-16(18-17-15)14-5-3-2-4-6-14/h2-11H,1H3. The second-order valence-electron chi connectivity index (χ2n) is 4.27. The van der Waals surface area contributed by atoms with Crippen molar-refractivity contribution in [3.05, 3.63) is 77.4 Å². The molecule has 0 bridgehead atoms. The molecule has 0 atom stereocenters. The molecule has 0 aliphatic carbocycles. The van der Waals surface area contributed by atoms with Crippen LogP contribution in [0.15, 0.2) is 60.7 Å². The second kappa shape index (κ2) is 5.10. The predicted molar refractivity (Wildman–Crippen MR) is 76.5 cm³/mol. The fraction of sp³-hybridized carbons (Fsp3) is 0.0625. The van der Waals surface area contributed by atoms with Crippen molar-refractivity contribution in [1.82, 2.24) is 0 Å². The van der Waals surface area contributed by atoms with Gasteiger partial charge >= 0.3 is 118 Å². The summed E-state index contributed by atoms with van der Waals surface area (Å²) in [4.78, 5) is 0. The third kappa shape index (κ3) is 2.41. The Labute approximate surface area is 117 Å². The van der Waals surface area contributed by atoms with Crippen LogP contribution in [0, 0.1) is 6.92 Å². The van der Waals surface area contributed by atoms with Crippen molar-refractivity contribution in [2.24, 2.45) is 0 Å². The molecule has 2 heteroatoms. The van der Waals surface area contributed by atoms with Crippen molar-refractivity contribution < 1.29 is 3.10 Å². The Kier molecular flexibility index (Phi) is 3.32. The van der Waals surface area contributed by atoms with Crippen molar-refractivity contribution in [2.75, 3.05) is 0 Å². The molecule has 2 aromatic rings. The summed E-state index contributed by atoms with van der Waals surface area (Å²) in [6, 6.07) is 19.0. The molecular weight excluding hydrogens is 336 g/mol. The number of hydrogen-bond acceptors (Lipinski definition) is 1. The number of allylic oxidation sites excluding steroid dienone is 1. The van der Waals surface area contributed by atoms with E-state index in [2.05, 4.69) is 61.5 Å². The summed E-state index contributed by atoms with van der Waals surface area (Å²) < 4.78 is 7.27. The van der Waals surface area contributed by atoms with Crippen LogP contribution in [0.4, 0.5) is 0 Å². The van der Waals surface area contributed by atoms with Crippen LogP contribution >= 0.6 is 0 Å². The van der Waals surface area contributed by atoms with E-state index in [-0.39, 0.29) is 0 Å². The average Bonchev–Trinajstić information content (AvgIpc) is 2.90. The molecule has 0 unspecified atom stereocenters. The Morgan fingerprint density at radius 2 is 1.56 bits per heavy atom. The second-order valence-corrected chi connectivity index (χ2v) is 6.48. The van der Waals surface area contributed by atoms with E-state index >= 15 is 0 Å². The van der Waals surface area contributed by atoms with Gasteiger partial charge in [0.2, 0.25) is 0 Å². The SMILES string of the molecule is Cc1ccc(C2=CC(c3ccccc3)=[Te]O2)cc1. The fourth-order valence-electron chi connectivity index (χ4n) is 1.84. The molecule has 1 heterocycles. The van der Waals surface area contributed by atoms with Crippen molar-refractivity contribution >= 4 is 30.2 Å². The van der Waals surface area contributed by atoms with Gasteiger partial charge in [0.1, 0.15) is 0 Å². The Morgan fingerprint density at radius 3 is 2.28 bits per heavy atom. The Balaban J connectivity index is 1.89. The van der Waals surface area contributed by atoms with Crippen LogP contribution in [0.3, 0.4) is 0 Å². The number of benzene rings is 2. The van der Waals surface area contributed by atoms with Crippen LogP contribution in [0.1, 0.15) is 16.7 Å². The summed E-state index contributed by atoms with van der Waals surface area (Å²) in [5.41, 5.74) is 3.75. The maximum atomic E-state index is 5.90. The van der Waals surface area contributed by atoms with E-state index in [1.807, 2.05) is 6.07 Å². The Bertz CT molecular complexity index is 609. The molecule has 0 aromatic heterocycles. The summed E-state index contributed by atoms with van der Waals surface area (Å²) in [6.07, 6.45) is 2.20. The van der Waals surface area contributed by atoms with Crippen molar-refractivity contribution in [3.8, 4) is 0 Å². The molecule has 1 aliphatic rings. The molecule has 2 aromatic carbocycles. The molecular formula is C16H13OTe. The van der Waals surface area contributed by atoms with Gasteiger partial charge in [-0.05, 0) is 0 Å². The van der Waals surface area contributed by atoms with Gasteiger partial charge in [-0.2, -0.15) is 0 Å². The van der Waals surface area contributed by atoms with E-state index in [1.165, 1.54) is 20.2 Å². The summed E-state index contributed by atoms with van der Waals surface area (Å²) in [5.74, 6) is 1.02. The minimum absolute atomic E-state index is 0.536. The Hall–Kier alpha value is -1.36. The van der Waals surface area contributed by atoms with Gasteiger partial charge in [0.05, 0.1) is 0 Å². The first-order valence-corrected chi connectivity index (χ1v) is 8.00. The third-order valence-corrected chi connectivity index (χ3v) is 5.15. The van der Waals surface area contributed by atoms with Crippen molar-refractivity contribution in [3.63, 3.8) is 0 Å². The molecule has 89 valence electrons. The summed E-state index contributed by atoms with van der Waals surface area (Å²) in [5, 5.41) is 0. The van der Waals surface area contributed by atoms with Crippen LogP contribution in [-0.4, -0.2) is 24.4 Å². The predicted octanol–water partition coefficient (Wildman–Crippen LogP) is 3.21. The zero-order chi connectivity index (χ0) is 12.4. The van der Waals surface area contributed by atoms with Gasteiger partial charge in [-0.3, -0.25) is 0 Å². The molecule has 18 heavy (non-hydrogen) atoms. The zero-order valence-electron chi connectivity index (χ0n) is 10.1. The third-order valence-electron chi connectivity index (χ3n) is 2.88. The van der Waals surface area contributed by atoms with E-state index in [9.17, 15) is 0 Å². The number of rotatable bonds is 2.